The highest BCUT2D eigenvalue weighted by atomic mass is 16.4. The topological polar surface area (TPSA) is 75.3 Å². The molecule has 0 aromatic rings. The fraction of sp³-hybridized carbons (Fsp3) is 0.909. The summed E-state index contributed by atoms with van der Waals surface area (Å²) in [5.41, 5.74) is 6.23. The number of nitrogens with one attached hydrogen (secondary N) is 1. The highest BCUT2D eigenvalue weighted by Gasteiger charge is 2.40. The molecule has 0 heterocycles. The molecule has 0 aromatic heterocycles. The fourth-order valence-electron chi connectivity index (χ4n) is 3.14. The fourth-order valence-corrected chi connectivity index (χ4v) is 3.14. The zero-order valence-corrected chi connectivity index (χ0v) is 9.84. The monoisotopic (exact) mass is 214 g/mol. The van der Waals surface area contributed by atoms with Gasteiger partial charge in [-0.05, 0) is 30.1 Å². The molecule has 0 aromatic carbocycles. The van der Waals surface area contributed by atoms with Crippen LogP contribution in [0.5, 0.6) is 0 Å². The number of rotatable bonds is 2. The average molecular weight is 214 g/mol. The Morgan fingerprint density at radius 2 is 2.07 bits per heavy atom. The van der Waals surface area contributed by atoms with Crippen molar-refractivity contribution >= 4 is 6.09 Å². The molecular weight excluding hydrogens is 192 g/mol. The van der Waals surface area contributed by atoms with E-state index in [1.54, 1.807) is 0 Å². The molecule has 88 valence electrons. The molecule has 0 saturated heterocycles. The highest BCUT2D eigenvalue weighted by Crippen LogP contribution is 2.45. The first-order valence-corrected chi connectivity index (χ1v) is 5.45. The minimum absolute atomic E-state index is 0.000440. The molecule has 1 amide bonds. The molecule has 1 aliphatic rings. The van der Waals surface area contributed by atoms with E-state index in [0.29, 0.717) is 6.54 Å². The van der Waals surface area contributed by atoms with Gasteiger partial charge in [0, 0.05) is 12.6 Å². The van der Waals surface area contributed by atoms with Crippen LogP contribution >= 0.6 is 0 Å². The van der Waals surface area contributed by atoms with Crippen molar-refractivity contribution in [3.8, 4) is 0 Å². The van der Waals surface area contributed by atoms with Gasteiger partial charge in [0.25, 0.3) is 0 Å². The first-order chi connectivity index (χ1) is 6.72. The summed E-state index contributed by atoms with van der Waals surface area (Å²) in [6.45, 7) is 7.01. The molecule has 1 saturated carbocycles. The minimum atomic E-state index is -0.951. The summed E-state index contributed by atoms with van der Waals surface area (Å²) in [6, 6.07) is 0.189. The molecule has 0 unspecified atom stereocenters. The molecule has 1 rings (SSSR count). The van der Waals surface area contributed by atoms with Crippen molar-refractivity contribution in [3.63, 3.8) is 0 Å². The Morgan fingerprint density at radius 1 is 1.47 bits per heavy atom. The van der Waals surface area contributed by atoms with Gasteiger partial charge in [0.2, 0.25) is 0 Å². The van der Waals surface area contributed by atoms with Crippen molar-refractivity contribution in [2.24, 2.45) is 16.6 Å². The third-order valence-corrected chi connectivity index (χ3v) is 3.14. The summed E-state index contributed by atoms with van der Waals surface area (Å²) < 4.78 is 0. The number of carbonyl (C=O) groups is 1. The minimum Gasteiger partial charge on any atom is -0.465 e. The Balaban J connectivity index is 2.62. The van der Waals surface area contributed by atoms with E-state index in [0.717, 1.165) is 19.3 Å². The Labute approximate surface area is 91.2 Å². The Hall–Kier alpha value is -0.770. The zero-order chi connectivity index (χ0) is 11.7. The zero-order valence-electron chi connectivity index (χ0n) is 9.84. The van der Waals surface area contributed by atoms with E-state index in [-0.39, 0.29) is 16.9 Å². The maximum absolute atomic E-state index is 10.5. The molecular formula is C11H22N2O2. The van der Waals surface area contributed by atoms with Crippen LogP contribution in [0.25, 0.3) is 0 Å². The van der Waals surface area contributed by atoms with Gasteiger partial charge >= 0.3 is 6.09 Å². The van der Waals surface area contributed by atoms with E-state index in [4.69, 9.17) is 10.8 Å². The van der Waals surface area contributed by atoms with E-state index >= 15 is 0 Å². The first kappa shape index (κ1) is 12.3. The van der Waals surface area contributed by atoms with Gasteiger partial charge in [-0.25, -0.2) is 4.79 Å². The molecule has 15 heavy (non-hydrogen) atoms. The van der Waals surface area contributed by atoms with Crippen molar-refractivity contribution in [1.82, 2.24) is 5.32 Å². The maximum Gasteiger partial charge on any atom is 0.404 e. The Bertz CT molecular complexity index is 253. The number of amides is 1. The van der Waals surface area contributed by atoms with Crippen LogP contribution < -0.4 is 11.1 Å². The van der Waals surface area contributed by atoms with Crippen molar-refractivity contribution in [2.45, 2.75) is 46.1 Å². The van der Waals surface area contributed by atoms with Gasteiger partial charge < -0.3 is 16.2 Å². The van der Waals surface area contributed by atoms with Gasteiger partial charge in [-0.2, -0.15) is 0 Å². The van der Waals surface area contributed by atoms with Crippen LogP contribution in [-0.2, 0) is 0 Å². The third-order valence-electron chi connectivity index (χ3n) is 3.14. The summed E-state index contributed by atoms with van der Waals surface area (Å²) in [7, 11) is 0. The lowest BCUT2D eigenvalue weighted by Crippen LogP contribution is -2.47. The van der Waals surface area contributed by atoms with Crippen LogP contribution in [0, 0.1) is 10.8 Å². The second kappa shape index (κ2) is 4.00. The largest absolute Gasteiger partial charge is 0.465 e. The maximum atomic E-state index is 10.5. The molecule has 4 heteroatoms. The van der Waals surface area contributed by atoms with Crippen molar-refractivity contribution in [2.75, 3.05) is 6.54 Å². The van der Waals surface area contributed by atoms with Crippen LogP contribution in [0.1, 0.15) is 40.0 Å². The summed E-state index contributed by atoms with van der Waals surface area (Å²) in [4.78, 5) is 10.5. The number of hydrogen-bond acceptors (Lipinski definition) is 2. The summed E-state index contributed by atoms with van der Waals surface area (Å²) in [5.74, 6) is 0. The second-order valence-electron chi connectivity index (χ2n) is 5.98. The van der Waals surface area contributed by atoms with Crippen LogP contribution in [0.2, 0.25) is 0 Å². The first-order valence-electron chi connectivity index (χ1n) is 5.45. The summed E-state index contributed by atoms with van der Waals surface area (Å²) in [6.07, 6.45) is 1.99. The molecule has 0 aliphatic heterocycles. The van der Waals surface area contributed by atoms with E-state index in [9.17, 15) is 4.79 Å². The molecule has 2 atom stereocenters. The predicted molar refractivity (Wildman–Crippen MR) is 59.7 cm³/mol. The van der Waals surface area contributed by atoms with Gasteiger partial charge in [0.15, 0.2) is 0 Å². The van der Waals surface area contributed by atoms with Gasteiger partial charge in [-0.3, -0.25) is 0 Å². The molecule has 0 bridgehead atoms. The summed E-state index contributed by atoms with van der Waals surface area (Å²) in [5, 5.41) is 11.1. The predicted octanol–water partition coefficient (Wildman–Crippen LogP) is 1.80. The van der Waals surface area contributed by atoms with Gasteiger partial charge in [0.05, 0.1) is 0 Å². The van der Waals surface area contributed by atoms with Crippen LogP contribution in [-0.4, -0.2) is 23.8 Å². The van der Waals surface area contributed by atoms with E-state index in [1.165, 1.54) is 0 Å². The van der Waals surface area contributed by atoms with Crippen LogP contribution in [0.15, 0.2) is 0 Å². The number of hydrogen-bond donors (Lipinski definition) is 3. The lowest BCUT2D eigenvalue weighted by atomic mass is 9.63. The standard InChI is InChI=1S/C11H22N2O2/c1-10(2)4-8(12)5-11(3,6-10)7-13-9(14)15/h8,13H,4-7,12H2,1-3H3,(H,14,15)/t8-,11-/m1/s1. The van der Waals surface area contributed by atoms with E-state index in [2.05, 4.69) is 26.1 Å². The molecule has 4 nitrogen and oxygen atoms in total. The number of nitrogens with two attached hydrogens (primary N) is 1. The SMILES string of the molecule is CC1(C)C[C@@H](N)C[C@@](C)(CNC(=O)O)C1. The second-order valence-corrected chi connectivity index (χ2v) is 5.98. The van der Waals surface area contributed by atoms with Crippen molar-refractivity contribution < 1.29 is 9.90 Å². The lowest BCUT2D eigenvalue weighted by molar-refractivity contribution is 0.0816. The van der Waals surface area contributed by atoms with E-state index < -0.39 is 6.09 Å². The average Bonchev–Trinajstić information content (AvgIpc) is 1.96. The van der Waals surface area contributed by atoms with Gasteiger partial charge in [0.1, 0.15) is 0 Å². The van der Waals surface area contributed by atoms with E-state index in [1.807, 2.05) is 0 Å². The van der Waals surface area contributed by atoms with Crippen molar-refractivity contribution in [3.05, 3.63) is 0 Å². The van der Waals surface area contributed by atoms with Crippen LogP contribution in [0.3, 0.4) is 0 Å². The Kier molecular flexibility index (Phi) is 3.28. The molecule has 1 aliphatic carbocycles. The molecule has 1 fully saturated rings. The molecule has 0 spiro atoms. The lowest BCUT2D eigenvalue weighted by Gasteiger charge is -2.45. The van der Waals surface area contributed by atoms with Gasteiger partial charge in [-0.15, -0.1) is 0 Å². The smallest absolute Gasteiger partial charge is 0.404 e. The third kappa shape index (κ3) is 3.70. The molecule has 0 radical (unpaired) electrons. The number of carboxylic acid groups (broad SMARTS) is 1. The van der Waals surface area contributed by atoms with Crippen LogP contribution in [0.4, 0.5) is 4.79 Å². The molecule has 4 N–H and O–H groups in total. The van der Waals surface area contributed by atoms with Crippen molar-refractivity contribution in [1.29, 1.82) is 0 Å². The van der Waals surface area contributed by atoms with Gasteiger partial charge in [-0.1, -0.05) is 20.8 Å². The Morgan fingerprint density at radius 3 is 2.53 bits per heavy atom. The quantitative estimate of drug-likeness (QED) is 0.656. The summed E-state index contributed by atoms with van der Waals surface area (Å²) >= 11 is 0. The highest BCUT2D eigenvalue weighted by molar-refractivity contribution is 5.64. The normalized spacial score (nSPS) is 34.8.